The number of hydrogen-bond donors (Lipinski definition) is 1. The average molecular weight is 210 g/mol. The van der Waals surface area contributed by atoms with Crippen LogP contribution in [0.4, 0.5) is 5.13 Å². The van der Waals surface area contributed by atoms with Crippen LogP contribution in [0.25, 0.3) is 0 Å². The van der Waals surface area contributed by atoms with E-state index >= 15 is 0 Å². The van der Waals surface area contributed by atoms with E-state index < -0.39 is 5.92 Å². The summed E-state index contributed by atoms with van der Waals surface area (Å²) in [6, 6.07) is 1.92. The van der Waals surface area contributed by atoms with Crippen molar-refractivity contribution in [1.29, 1.82) is 5.26 Å². The highest BCUT2D eigenvalue weighted by Crippen LogP contribution is 2.15. The molecule has 0 aliphatic rings. The van der Waals surface area contributed by atoms with Crippen LogP contribution in [0.5, 0.6) is 0 Å². The maximum atomic E-state index is 11.4. The van der Waals surface area contributed by atoms with Crippen molar-refractivity contribution in [3.05, 3.63) is 5.01 Å². The van der Waals surface area contributed by atoms with Gasteiger partial charge in [-0.1, -0.05) is 18.3 Å². The van der Waals surface area contributed by atoms with Crippen molar-refractivity contribution in [2.24, 2.45) is 5.92 Å². The Morgan fingerprint density at radius 3 is 2.86 bits per heavy atom. The molecule has 1 rings (SSSR count). The SMILES string of the molecule is CCC(C#N)C(=O)Nc1nnc(C)s1. The highest BCUT2D eigenvalue weighted by atomic mass is 32.1. The van der Waals surface area contributed by atoms with Gasteiger partial charge in [0.05, 0.1) is 6.07 Å². The van der Waals surface area contributed by atoms with Gasteiger partial charge in [0.25, 0.3) is 0 Å². The van der Waals surface area contributed by atoms with E-state index in [9.17, 15) is 4.79 Å². The van der Waals surface area contributed by atoms with Crippen LogP contribution in [0, 0.1) is 24.2 Å². The molecule has 6 heteroatoms. The number of nitrogens with one attached hydrogen (secondary N) is 1. The van der Waals surface area contributed by atoms with E-state index in [-0.39, 0.29) is 5.91 Å². The second kappa shape index (κ2) is 4.67. The second-order valence-electron chi connectivity index (χ2n) is 2.71. The molecule has 1 aromatic heterocycles. The Kier molecular flexibility index (Phi) is 3.54. The van der Waals surface area contributed by atoms with Gasteiger partial charge in [0.2, 0.25) is 11.0 Å². The summed E-state index contributed by atoms with van der Waals surface area (Å²) in [6.45, 7) is 3.59. The molecule has 0 bridgehead atoms. The predicted molar refractivity (Wildman–Crippen MR) is 52.7 cm³/mol. The lowest BCUT2D eigenvalue weighted by Crippen LogP contribution is -2.20. The van der Waals surface area contributed by atoms with Crippen molar-refractivity contribution in [3.8, 4) is 6.07 Å². The third-order valence-corrected chi connectivity index (χ3v) is 2.39. The fraction of sp³-hybridized carbons (Fsp3) is 0.500. The number of nitriles is 1. The van der Waals surface area contributed by atoms with Crippen LogP contribution in [0.15, 0.2) is 0 Å². The molecule has 5 nitrogen and oxygen atoms in total. The van der Waals surface area contributed by atoms with E-state index in [1.54, 1.807) is 13.8 Å². The molecule has 0 saturated heterocycles. The van der Waals surface area contributed by atoms with Gasteiger partial charge in [0.1, 0.15) is 10.9 Å². The molecule has 0 saturated carbocycles. The first-order chi connectivity index (χ1) is 6.67. The number of carbonyl (C=O) groups excluding carboxylic acids is 1. The van der Waals surface area contributed by atoms with Crippen molar-refractivity contribution < 1.29 is 4.79 Å². The zero-order valence-electron chi connectivity index (χ0n) is 7.94. The number of aryl methyl sites for hydroxylation is 1. The quantitative estimate of drug-likeness (QED) is 0.816. The molecule has 0 spiro atoms. The van der Waals surface area contributed by atoms with Gasteiger partial charge in [-0.25, -0.2) is 0 Å². The van der Waals surface area contributed by atoms with Crippen LogP contribution >= 0.6 is 11.3 Å². The summed E-state index contributed by atoms with van der Waals surface area (Å²) in [4.78, 5) is 11.4. The van der Waals surface area contributed by atoms with Crippen molar-refractivity contribution >= 4 is 22.4 Å². The number of hydrogen-bond acceptors (Lipinski definition) is 5. The fourth-order valence-corrected chi connectivity index (χ4v) is 1.47. The normalized spacial score (nSPS) is 11.8. The van der Waals surface area contributed by atoms with Crippen LogP contribution < -0.4 is 5.32 Å². The van der Waals surface area contributed by atoms with E-state index in [4.69, 9.17) is 5.26 Å². The van der Waals surface area contributed by atoms with E-state index in [2.05, 4.69) is 15.5 Å². The lowest BCUT2D eigenvalue weighted by Gasteiger charge is -2.03. The van der Waals surface area contributed by atoms with E-state index in [1.807, 2.05) is 6.07 Å². The van der Waals surface area contributed by atoms with E-state index in [0.29, 0.717) is 11.6 Å². The monoisotopic (exact) mass is 210 g/mol. The smallest absolute Gasteiger partial charge is 0.243 e. The molecular formula is C8H10N4OS. The summed E-state index contributed by atoms with van der Waals surface area (Å²) >= 11 is 1.29. The predicted octanol–water partition coefficient (Wildman–Crippen LogP) is 1.33. The minimum absolute atomic E-state index is 0.314. The molecule has 0 aliphatic carbocycles. The Morgan fingerprint density at radius 1 is 1.71 bits per heavy atom. The van der Waals surface area contributed by atoms with Crippen molar-refractivity contribution in [1.82, 2.24) is 10.2 Å². The van der Waals surface area contributed by atoms with Gasteiger partial charge >= 0.3 is 0 Å². The van der Waals surface area contributed by atoms with Crippen molar-refractivity contribution in [2.45, 2.75) is 20.3 Å². The van der Waals surface area contributed by atoms with Crippen LogP contribution in [0.3, 0.4) is 0 Å². The Hall–Kier alpha value is -1.48. The second-order valence-corrected chi connectivity index (χ2v) is 3.89. The molecular weight excluding hydrogens is 200 g/mol. The Balaban J connectivity index is 2.62. The summed E-state index contributed by atoms with van der Waals surface area (Å²) in [5.74, 6) is -0.926. The molecule has 0 aromatic carbocycles. The molecule has 1 aromatic rings. The number of amides is 1. The highest BCUT2D eigenvalue weighted by molar-refractivity contribution is 7.15. The van der Waals surface area contributed by atoms with Gasteiger partial charge < -0.3 is 0 Å². The maximum Gasteiger partial charge on any atom is 0.243 e. The first-order valence-corrected chi connectivity index (χ1v) is 4.99. The van der Waals surface area contributed by atoms with Gasteiger partial charge in [-0.15, -0.1) is 10.2 Å². The highest BCUT2D eigenvalue weighted by Gasteiger charge is 2.16. The van der Waals surface area contributed by atoms with E-state index in [1.165, 1.54) is 11.3 Å². The van der Waals surface area contributed by atoms with Crippen LogP contribution in [0.2, 0.25) is 0 Å². The number of carbonyl (C=O) groups is 1. The van der Waals surface area contributed by atoms with Crippen molar-refractivity contribution in [2.75, 3.05) is 5.32 Å². The Bertz CT molecular complexity index is 368. The lowest BCUT2D eigenvalue weighted by molar-refractivity contribution is -0.118. The van der Waals surface area contributed by atoms with Gasteiger partial charge in [-0.05, 0) is 13.3 Å². The lowest BCUT2D eigenvalue weighted by atomic mass is 10.1. The molecule has 0 aliphatic heterocycles. The molecule has 1 atom stereocenters. The largest absolute Gasteiger partial charge is 0.299 e. The van der Waals surface area contributed by atoms with Crippen LogP contribution in [-0.4, -0.2) is 16.1 Å². The van der Waals surface area contributed by atoms with Gasteiger partial charge in [0.15, 0.2) is 0 Å². The Labute approximate surface area is 85.8 Å². The number of aromatic nitrogens is 2. The first kappa shape index (κ1) is 10.6. The van der Waals surface area contributed by atoms with Crippen LogP contribution in [-0.2, 0) is 4.79 Å². The zero-order valence-corrected chi connectivity index (χ0v) is 8.76. The molecule has 1 unspecified atom stereocenters. The number of rotatable bonds is 3. The summed E-state index contributed by atoms with van der Waals surface area (Å²) < 4.78 is 0. The van der Waals surface area contributed by atoms with Gasteiger partial charge in [-0.3, -0.25) is 10.1 Å². The standard InChI is InChI=1S/C8H10N4OS/c1-3-6(4-9)7(13)10-8-12-11-5(2)14-8/h6H,3H2,1-2H3,(H,10,12,13). The molecule has 1 heterocycles. The minimum Gasteiger partial charge on any atom is -0.299 e. The van der Waals surface area contributed by atoms with E-state index in [0.717, 1.165) is 5.01 Å². The summed E-state index contributed by atoms with van der Waals surface area (Å²) in [7, 11) is 0. The maximum absolute atomic E-state index is 11.4. The van der Waals surface area contributed by atoms with Gasteiger partial charge in [0, 0.05) is 0 Å². The minimum atomic E-state index is -0.612. The molecule has 0 radical (unpaired) electrons. The average Bonchev–Trinajstić information content (AvgIpc) is 2.53. The summed E-state index contributed by atoms with van der Waals surface area (Å²) in [6.07, 6.45) is 0.500. The number of anilines is 1. The zero-order chi connectivity index (χ0) is 10.6. The number of nitrogens with zero attached hydrogens (tertiary/aromatic N) is 3. The molecule has 14 heavy (non-hydrogen) atoms. The summed E-state index contributed by atoms with van der Waals surface area (Å²) in [5.41, 5.74) is 0. The molecule has 1 amide bonds. The first-order valence-electron chi connectivity index (χ1n) is 4.18. The third kappa shape index (κ3) is 2.50. The molecule has 0 fully saturated rings. The fourth-order valence-electron chi connectivity index (χ4n) is 0.875. The third-order valence-electron chi connectivity index (χ3n) is 1.64. The Morgan fingerprint density at radius 2 is 2.43 bits per heavy atom. The van der Waals surface area contributed by atoms with Crippen LogP contribution in [0.1, 0.15) is 18.4 Å². The summed E-state index contributed by atoms with van der Waals surface area (Å²) in [5, 5.41) is 19.9. The van der Waals surface area contributed by atoms with Gasteiger partial charge in [-0.2, -0.15) is 5.26 Å². The molecule has 74 valence electrons. The molecule has 1 N–H and O–H groups in total. The van der Waals surface area contributed by atoms with Crippen molar-refractivity contribution in [3.63, 3.8) is 0 Å². The topological polar surface area (TPSA) is 78.7 Å².